The fourth-order valence-electron chi connectivity index (χ4n) is 2.98. The van der Waals surface area contributed by atoms with Crippen LogP contribution in [0.3, 0.4) is 0 Å². The van der Waals surface area contributed by atoms with Gasteiger partial charge in [-0.2, -0.15) is 0 Å². The minimum atomic E-state index is -0.376. The summed E-state index contributed by atoms with van der Waals surface area (Å²) >= 11 is 0. The average Bonchev–Trinajstić information content (AvgIpc) is 2.95. The first-order chi connectivity index (χ1) is 8.78. The van der Waals surface area contributed by atoms with Crippen molar-refractivity contribution in [2.45, 2.75) is 32.0 Å². The van der Waals surface area contributed by atoms with Gasteiger partial charge in [0.1, 0.15) is 0 Å². The van der Waals surface area contributed by atoms with E-state index < -0.39 is 0 Å². The van der Waals surface area contributed by atoms with Gasteiger partial charge in [-0.15, -0.1) is 0 Å². The van der Waals surface area contributed by atoms with E-state index in [-0.39, 0.29) is 5.79 Å². The number of hydrogen-bond donors (Lipinski definition) is 0. The number of aryl methyl sites for hydroxylation is 1. The van der Waals surface area contributed by atoms with Crippen molar-refractivity contribution in [2.75, 3.05) is 13.2 Å². The highest BCUT2D eigenvalue weighted by Gasteiger charge is 2.41. The molecule has 1 aliphatic heterocycles. The third-order valence-corrected chi connectivity index (χ3v) is 3.81. The Bertz CT molecular complexity index is 493. The standard InChI is InChI=1S/C15H19NO2/c1-3-5-13-10-12-6-7-15(17-8-9-18-15)11-14(12)16(13)4-2/h3-5,10H,2,6-9,11H2,1H3/b5-3-. The van der Waals surface area contributed by atoms with Crippen LogP contribution in [0.4, 0.5) is 0 Å². The third-order valence-electron chi connectivity index (χ3n) is 3.81. The largest absolute Gasteiger partial charge is 0.347 e. The van der Waals surface area contributed by atoms with Gasteiger partial charge in [0.25, 0.3) is 0 Å². The highest BCUT2D eigenvalue weighted by molar-refractivity contribution is 5.54. The Morgan fingerprint density at radius 1 is 1.39 bits per heavy atom. The van der Waals surface area contributed by atoms with E-state index in [0.717, 1.165) is 19.3 Å². The monoisotopic (exact) mass is 245 g/mol. The Morgan fingerprint density at radius 2 is 2.17 bits per heavy atom. The van der Waals surface area contributed by atoms with Gasteiger partial charge in [-0.1, -0.05) is 12.7 Å². The normalized spacial score (nSPS) is 21.6. The first-order valence-electron chi connectivity index (χ1n) is 6.54. The van der Waals surface area contributed by atoms with Crippen LogP contribution in [0.25, 0.3) is 12.3 Å². The van der Waals surface area contributed by atoms with Crippen molar-refractivity contribution >= 4 is 12.3 Å². The number of allylic oxidation sites excluding steroid dienone is 1. The van der Waals surface area contributed by atoms with Gasteiger partial charge in [-0.3, -0.25) is 0 Å². The summed E-state index contributed by atoms with van der Waals surface area (Å²) in [5.74, 6) is -0.376. The Balaban J connectivity index is 2.01. The molecule has 1 spiro atoms. The number of ether oxygens (including phenoxy) is 2. The molecule has 0 atom stereocenters. The van der Waals surface area contributed by atoms with Gasteiger partial charge in [0, 0.05) is 30.4 Å². The molecule has 0 unspecified atom stereocenters. The number of fused-ring (bicyclic) bond motifs is 1. The molecule has 18 heavy (non-hydrogen) atoms. The van der Waals surface area contributed by atoms with Crippen LogP contribution in [-0.2, 0) is 22.3 Å². The zero-order chi connectivity index (χ0) is 12.6. The van der Waals surface area contributed by atoms with Crippen molar-refractivity contribution < 1.29 is 9.47 Å². The fraction of sp³-hybridized carbons (Fsp3) is 0.467. The smallest absolute Gasteiger partial charge is 0.174 e. The molecule has 0 radical (unpaired) electrons. The Kier molecular flexibility index (Phi) is 2.88. The first kappa shape index (κ1) is 11.8. The fourth-order valence-corrected chi connectivity index (χ4v) is 2.98. The van der Waals surface area contributed by atoms with Crippen LogP contribution in [0, 0.1) is 0 Å². The molecule has 1 aromatic rings. The number of hydrogen-bond acceptors (Lipinski definition) is 2. The van der Waals surface area contributed by atoms with E-state index in [9.17, 15) is 0 Å². The first-order valence-corrected chi connectivity index (χ1v) is 6.54. The second-order valence-electron chi connectivity index (χ2n) is 4.88. The quantitative estimate of drug-likeness (QED) is 0.800. The maximum Gasteiger partial charge on any atom is 0.174 e. The van der Waals surface area contributed by atoms with E-state index in [2.05, 4.69) is 29.4 Å². The average molecular weight is 245 g/mol. The lowest BCUT2D eigenvalue weighted by atomic mass is 9.92. The zero-order valence-electron chi connectivity index (χ0n) is 10.8. The van der Waals surface area contributed by atoms with Gasteiger partial charge in [-0.05, 0) is 31.1 Å². The van der Waals surface area contributed by atoms with Crippen molar-refractivity contribution in [1.82, 2.24) is 4.57 Å². The predicted octanol–water partition coefficient (Wildman–Crippen LogP) is 2.85. The van der Waals surface area contributed by atoms with Gasteiger partial charge >= 0.3 is 0 Å². The predicted molar refractivity (Wildman–Crippen MR) is 72.2 cm³/mol. The third kappa shape index (κ3) is 1.74. The van der Waals surface area contributed by atoms with E-state index in [0.29, 0.717) is 13.2 Å². The van der Waals surface area contributed by atoms with Crippen LogP contribution in [0.15, 0.2) is 18.7 Å². The molecule has 0 amide bonds. The zero-order valence-corrected chi connectivity index (χ0v) is 10.8. The highest BCUT2D eigenvalue weighted by Crippen LogP contribution is 2.37. The molecule has 3 rings (SSSR count). The Hall–Kier alpha value is -1.32. The summed E-state index contributed by atoms with van der Waals surface area (Å²) in [6.07, 6.45) is 8.84. The van der Waals surface area contributed by atoms with Crippen molar-refractivity contribution in [3.8, 4) is 0 Å². The van der Waals surface area contributed by atoms with Gasteiger partial charge < -0.3 is 14.0 Å². The summed E-state index contributed by atoms with van der Waals surface area (Å²) in [4.78, 5) is 0. The molecule has 1 aliphatic carbocycles. The summed E-state index contributed by atoms with van der Waals surface area (Å²) in [7, 11) is 0. The number of aromatic nitrogens is 1. The maximum absolute atomic E-state index is 5.82. The summed E-state index contributed by atoms with van der Waals surface area (Å²) in [6, 6.07) is 2.25. The van der Waals surface area contributed by atoms with Crippen molar-refractivity contribution in [2.24, 2.45) is 0 Å². The van der Waals surface area contributed by atoms with Gasteiger partial charge in [0.05, 0.1) is 13.2 Å². The minimum Gasteiger partial charge on any atom is -0.347 e. The van der Waals surface area contributed by atoms with Gasteiger partial charge in [0.2, 0.25) is 0 Å². The lowest BCUT2D eigenvalue weighted by molar-refractivity contribution is -0.164. The molecule has 2 heterocycles. The van der Waals surface area contributed by atoms with E-state index in [1.54, 1.807) is 0 Å². The molecule has 0 saturated carbocycles. The Labute approximate surface area is 108 Å². The van der Waals surface area contributed by atoms with E-state index >= 15 is 0 Å². The summed E-state index contributed by atoms with van der Waals surface area (Å²) in [6.45, 7) is 7.38. The molecular formula is C15H19NO2. The molecule has 0 bridgehead atoms. The molecule has 1 saturated heterocycles. The van der Waals surface area contributed by atoms with E-state index in [4.69, 9.17) is 9.47 Å². The molecule has 1 fully saturated rings. The SMILES string of the molecule is C=Cn1c(/C=C\C)cc2c1CC1(CC2)OCCO1. The molecule has 0 aromatic carbocycles. The highest BCUT2D eigenvalue weighted by atomic mass is 16.7. The summed E-state index contributed by atoms with van der Waals surface area (Å²) in [5, 5.41) is 0. The van der Waals surface area contributed by atoms with Crippen LogP contribution in [0.5, 0.6) is 0 Å². The van der Waals surface area contributed by atoms with Crippen LogP contribution in [-0.4, -0.2) is 23.6 Å². The van der Waals surface area contributed by atoms with Crippen LogP contribution in [0.2, 0.25) is 0 Å². The van der Waals surface area contributed by atoms with Crippen molar-refractivity contribution in [1.29, 1.82) is 0 Å². The Morgan fingerprint density at radius 3 is 2.83 bits per heavy atom. The summed E-state index contributed by atoms with van der Waals surface area (Å²) < 4.78 is 13.8. The molecule has 3 nitrogen and oxygen atoms in total. The molecular weight excluding hydrogens is 226 g/mol. The van der Waals surface area contributed by atoms with Crippen LogP contribution < -0.4 is 0 Å². The van der Waals surface area contributed by atoms with Crippen LogP contribution >= 0.6 is 0 Å². The molecule has 0 N–H and O–H groups in total. The van der Waals surface area contributed by atoms with Crippen molar-refractivity contribution in [3.63, 3.8) is 0 Å². The lowest BCUT2D eigenvalue weighted by Crippen LogP contribution is -2.37. The lowest BCUT2D eigenvalue weighted by Gasteiger charge is -2.32. The molecule has 1 aromatic heterocycles. The van der Waals surface area contributed by atoms with Gasteiger partial charge in [-0.25, -0.2) is 0 Å². The molecule has 96 valence electrons. The maximum atomic E-state index is 5.82. The van der Waals surface area contributed by atoms with Gasteiger partial charge in [0.15, 0.2) is 5.79 Å². The van der Waals surface area contributed by atoms with Crippen LogP contribution in [0.1, 0.15) is 30.3 Å². The number of nitrogens with zero attached hydrogens (tertiary/aromatic N) is 1. The molecule has 2 aliphatic rings. The van der Waals surface area contributed by atoms with E-state index in [1.165, 1.54) is 17.0 Å². The topological polar surface area (TPSA) is 23.4 Å². The minimum absolute atomic E-state index is 0.376. The van der Waals surface area contributed by atoms with E-state index in [1.807, 2.05) is 13.1 Å². The number of rotatable bonds is 2. The van der Waals surface area contributed by atoms with Crippen molar-refractivity contribution in [3.05, 3.63) is 35.7 Å². The second-order valence-corrected chi connectivity index (χ2v) is 4.88. The molecule has 3 heteroatoms. The second kappa shape index (κ2) is 4.41. The summed E-state index contributed by atoms with van der Waals surface area (Å²) in [5.41, 5.74) is 3.87.